The standard InChI is InChI=1S/C55H97N15O12S2.C2H4O2/c1-33(2)29-41-51(77)63-37(20-8-13-25-57)47(73)62-39(22-10-15-27-59)50(76)69-44(55(81)82)32-84-83-31-43(53(79)64-38(21-9-14-26-58)48(74)67-42(52(78)66-41)30-35-17-5-4-6-18-35)68-49(75)40(23-11-16-28-60)65-54(80)45(34(3)71)70-46(72)36(61)19-7-12-24-56;1-2(3)4/h4-6,17-18,33-34,36-45,71H,7-16,19-32,56-61H2,1-3H3,(H,62,73)(H,63,77)(H,64,79)(H,65,80)(H,66,78)(H,67,74)(H,68,75)(H,69,76)(H,70,72)(H,81,82);1H3,(H,3,4)/t34-,36+,37+,38?,39+,40+,41+,42+,43?,44?,45+;/m1./s1. The van der Waals surface area contributed by atoms with E-state index in [2.05, 4.69) is 47.9 Å². The molecule has 1 aliphatic heterocycles. The van der Waals surface area contributed by atoms with Crippen LogP contribution in [0.1, 0.15) is 136 Å². The van der Waals surface area contributed by atoms with Crippen LogP contribution in [0.15, 0.2) is 30.3 Å². The molecule has 31 heteroatoms. The van der Waals surface area contributed by atoms with Gasteiger partial charge in [-0.05, 0) is 147 Å². The van der Waals surface area contributed by atoms with Gasteiger partial charge >= 0.3 is 5.97 Å². The second kappa shape index (κ2) is 46.0. The van der Waals surface area contributed by atoms with E-state index in [0.717, 1.165) is 28.5 Å². The lowest BCUT2D eigenvalue weighted by molar-refractivity contribution is -0.141. The minimum atomic E-state index is -1.57. The van der Waals surface area contributed by atoms with Crippen molar-refractivity contribution >= 4 is 86.7 Å². The zero-order valence-corrected chi connectivity index (χ0v) is 53.0. The summed E-state index contributed by atoms with van der Waals surface area (Å²) >= 11 is 0. The highest BCUT2D eigenvalue weighted by atomic mass is 33.1. The summed E-state index contributed by atoms with van der Waals surface area (Å²) in [6.07, 6.45) is 3.17. The maximum absolute atomic E-state index is 14.7. The Labute approximate surface area is 524 Å². The molecular formula is C57H101N15O14S2. The van der Waals surface area contributed by atoms with Gasteiger partial charge in [0.2, 0.25) is 53.2 Å². The van der Waals surface area contributed by atoms with E-state index in [1.54, 1.807) is 30.3 Å². The van der Waals surface area contributed by atoms with Crippen molar-refractivity contribution in [3.63, 3.8) is 0 Å². The molecular weight excluding hydrogens is 1180 g/mol. The van der Waals surface area contributed by atoms with Crippen molar-refractivity contribution in [2.45, 2.75) is 203 Å². The topological polar surface area (TPSA) is 513 Å². The maximum atomic E-state index is 14.7. The Morgan fingerprint density at radius 2 is 0.966 bits per heavy atom. The number of carboxylic acid groups (broad SMARTS) is 2. The molecule has 29 nitrogen and oxygen atoms in total. The number of hydrogen-bond donors (Lipinski definition) is 18. The molecule has 1 aliphatic rings. The van der Waals surface area contributed by atoms with Crippen LogP contribution in [-0.2, 0) is 59.2 Å². The number of nitrogens with two attached hydrogens (primary N) is 6. The number of aliphatic carboxylic acids is 2. The fraction of sp³-hybridized carbons (Fsp3) is 0.702. The summed E-state index contributed by atoms with van der Waals surface area (Å²) < 4.78 is 0. The van der Waals surface area contributed by atoms with Crippen LogP contribution in [0.3, 0.4) is 0 Å². The lowest BCUT2D eigenvalue weighted by atomic mass is 9.99. The third-order valence-electron chi connectivity index (χ3n) is 13.7. The molecule has 1 saturated heterocycles. The molecule has 88 heavy (non-hydrogen) atoms. The van der Waals surface area contributed by atoms with Crippen molar-refractivity contribution in [2.75, 3.05) is 44.2 Å². The van der Waals surface area contributed by atoms with E-state index >= 15 is 0 Å². The second-order valence-corrected chi connectivity index (χ2v) is 24.5. The van der Waals surface area contributed by atoms with Crippen LogP contribution >= 0.6 is 21.6 Å². The lowest BCUT2D eigenvalue weighted by Crippen LogP contribution is -2.61. The quantitative estimate of drug-likeness (QED) is 0.0263. The summed E-state index contributed by atoms with van der Waals surface area (Å²) in [6, 6.07) is -4.82. The highest BCUT2D eigenvalue weighted by Gasteiger charge is 2.37. The van der Waals surface area contributed by atoms with Gasteiger partial charge < -0.3 is 97.6 Å². The first-order valence-electron chi connectivity index (χ1n) is 30.2. The van der Waals surface area contributed by atoms with Crippen LogP contribution in [0.4, 0.5) is 0 Å². The van der Waals surface area contributed by atoms with Crippen molar-refractivity contribution in [1.82, 2.24) is 47.9 Å². The first-order chi connectivity index (χ1) is 41.8. The number of aliphatic hydroxyl groups excluding tert-OH is 1. The van der Waals surface area contributed by atoms with Crippen molar-refractivity contribution in [3.8, 4) is 0 Å². The zero-order chi connectivity index (χ0) is 66.1. The number of amides is 9. The van der Waals surface area contributed by atoms with Crippen molar-refractivity contribution < 1.29 is 68.1 Å². The molecule has 0 radical (unpaired) electrons. The highest BCUT2D eigenvalue weighted by molar-refractivity contribution is 8.76. The highest BCUT2D eigenvalue weighted by Crippen LogP contribution is 2.24. The van der Waals surface area contributed by atoms with Crippen LogP contribution in [0.2, 0.25) is 0 Å². The molecule has 500 valence electrons. The summed E-state index contributed by atoms with van der Waals surface area (Å²) in [5.74, 6) is -10.4. The van der Waals surface area contributed by atoms with E-state index < -0.39 is 132 Å². The first-order valence-corrected chi connectivity index (χ1v) is 32.7. The van der Waals surface area contributed by atoms with E-state index in [-0.39, 0.29) is 88.5 Å². The molecule has 1 fully saturated rings. The number of unbranched alkanes of at least 4 members (excludes halogenated alkanes) is 5. The third-order valence-corrected chi connectivity index (χ3v) is 16.2. The smallest absolute Gasteiger partial charge is 0.327 e. The van der Waals surface area contributed by atoms with Gasteiger partial charge in [0.05, 0.1) is 12.1 Å². The molecule has 1 aromatic rings. The largest absolute Gasteiger partial charge is 0.481 e. The monoisotopic (exact) mass is 1280 g/mol. The predicted octanol–water partition coefficient (Wildman–Crippen LogP) is -2.44. The van der Waals surface area contributed by atoms with E-state index in [0.29, 0.717) is 76.3 Å². The van der Waals surface area contributed by atoms with Crippen molar-refractivity contribution in [1.29, 1.82) is 0 Å². The number of benzene rings is 1. The average Bonchev–Trinajstić information content (AvgIpc) is 3.68. The van der Waals surface area contributed by atoms with E-state index in [4.69, 9.17) is 44.3 Å². The fourth-order valence-corrected chi connectivity index (χ4v) is 11.2. The van der Waals surface area contributed by atoms with Gasteiger partial charge in [0.25, 0.3) is 5.97 Å². The summed E-state index contributed by atoms with van der Waals surface area (Å²) in [7, 11) is 1.86. The zero-order valence-electron chi connectivity index (χ0n) is 51.4. The van der Waals surface area contributed by atoms with Crippen LogP contribution in [0.5, 0.6) is 0 Å². The Balaban J connectivity index is 0.00000937. The van der Waals surface area contributed by atoms with Gasteiger partial charge in [0, 0.05) is 24.9 Å². The van der Waals surface area contributed by atoms with Crippen LogP contribution in [0, 0.1) is 5.92 Å². The number of carboxylic acids is 2. The molecule has 0 aromatic heterocycles. The molecule has 0 bridgehead atoms. The number of carbonyl (C=O) groups excluding carboxylic acids is 9. The van der Waals surface area contributed by atoms with Gasteiger partial charge in [-0.25, -0.2) is 4.79 Å². The normalized spacial score (nSPS) is 21.6. The molecule has 0 saturated carbocycles. The molecule has 11 atom stereocenters. The number of hydrogen-bond acceptors (Lipinski definition) is 20. The van der Waals surface area contributed by atoms with Gasteiger partial charge in [-0.15, -0.1) is 0 Å². The van der Waals surface area contributed by atoms with Crippen LogP contribution < -0.4 is 82.3 Å². The number of rotatable bonds is 32. The Hall–Kier alpha value is -6.19. The van der Waals surface area contributed by atoms with Gasteiger partial charge in [-0.3, -0.25) is 47.9 Å². The van der Waals surface area contributed by atoms with Crippen molar-refractivity contribution in [3.05, 3.63) is 35.9 Å². The van der Waals surface area contributed by atoms with Crippen LogP contribution in [-0.4, -0.2) is 191 Å². The number of aliphatic hydroxyl groups is 1. The second-order valence-electron chi connectivity index (χ2n) is 22.0. The summed E-state index contributed by atoms with van der Waals surface area (Å²) in [4.78, 5) is 150. The van der Waals surface area contributed by atoms with Gasteiger partial charge in [-0.1, -0.05) is 72.2 Å². The van der Waals surface area contributed by atoms with Gasteiger partial charge in [-0.2, -0.15) is 0 Å². The van der Waals surface area contributed by atoms with E-state index in [1.807, 2.05) is 13.8 Å². The molecule has 1 aromatic carbocycles. The third kappa shape index (κ3) is 33.4. The molecule has 0 spiro atoms. The van der Waals surface area contributed by atoms with Gasteiger partial charge in [0.1, 0.15) is 54.4 Å². The summed E-state index contributed by atoms with van der Waals surface area (Å²) in [6.45, 7) is 7.38. The molecule has 2 rings (SSSR count). The first kappa shape index (κ1) is 79.8. The lowest BCUT2D eigenvalue weighted by Gasteiger charge is -2.29. The number of carbonyl (C=O) groups is 11. The summed E-state index contributed by atoms with van der Waals surface area (Å²) in [5.41, 5.74) is 35.5. The summed E-state index contributed by atoms with van der Waals surface area (Å²) in [5, 5.41) is 52.5. The maximum Gasteiger partial charge on any atom is 0.327 e. The molecule has 9 amide bonds. The average molecular weight is 1280 g/mol. The Morgan fingerprint density at radius 3 is 1.44 bits per heavy atom. The van der Waals surface area contributed by atoms with Gasteiger partial charge in [0.15, 0.2) is 0 Å². The molecule has 24 N–H and O–H groups in total. The fourth-order valence-electron chi connectivity index (χ4n) is 8.87. The van der Waals surface area contributed by atoms with E-state index in [1.165, 1.54) is 6.92 Å². The van der Waals surface area contributed by atoms with Crippen LogP contribution in [0.25, 0.3) is 0 Å². The molecule has 3 unspecified atom stereocenters. The van der Waals surface area contributed by atoms with E-state index in [9.17, 15) is 58.2 Å². The van der Waals surface area contributed by atoms with Crippen molar-refractivity contribution in [2.24, 2.45) is 40.3 Å². The molecule has 1 heterocycles. The SMILES string of the molecule is CC(=O)O.CC(C)C[C@@H]1NC(=O)[C@H](Cc2ccccc2)NC(=O)C(CCCCN)NC(=O)C(NC(=O)[C@H](CCCCN)NC(=O)[C@@H](NC(=O)[C@@H](N)CCCCN)[C@@H](C)O)CSSCC(C(=O)O)NC(=O)[C@H](CCCCN)NC(=O)[C@H](CCCCN)NC1=O. The Kier molecular flexibility index (Phi) is 41.7. The number of nitrogens with one attached hydrogen (secondary N) is 9. The Bertz CT molecular complexity index is 2310. The Morgan fingerprint density at radius 1 is 0.545 bits per heavy atom. The molecule has 0 aliphatic carbocycles. The predicted molar refractivity (Wildman–Crippen MR) is 337 cm³/mol. The minimum absolute atomic E-state index is 0.00287. The minimum Gasteiger partial charge on any atom is -0.481 e.